The molecule has 18 heavy (non-hydrogen) atoms. The van der Waals surface area contributed by atoms with Crippen molar-refractivity contribution >= 4 is 16.5 Å². The number of aryl methyl sites for hydroxylation is 1. The van der Waals surface area contributed by atoms with Crippen molar-refractivity contribution in [3.63, 3.8) is 0 Å². The van der Waals surface area contributed by atoms with E-state index in [1.807, 2.05) is 32.0 Å². The van der Waals surface area contributed by atoms with Crippen LogP contribution in [0.25, 0.3) is 10.4 Å². The van der Waals surface area contributed by atoms with E-state index in [1.54, 1.807) is 7.11 Å². The lowest BCUT2D eigenvalue weighted by atomic mass is 10.1. The normalized spacial score (nSPS) is 10.4. The first-order chi connectivity index (χ1) is 8.65. The average molecular weight is 264 g/mol. The van der Waals surface area contributed by atoms with Crippen LogP contribution in [-0.2, 0) is 0 Å². The highest BCUT2D eigenvalue weighted by molar-refractivity contribution is 7.18. The predicted octanol–water partition coefficient (Wildman–Crippen LogP) is 3.11. The van der Waals surface area contributed by atoms with Gasteiger partial charge < -0.3 is 15.2 Å². The number of nitrogens with zero attached hydrogens (tertiary/aromatic N) is 1. The van der Waals surface area contributed by atoms with Crippen LogP contribution in [0.3, 0.4) is 0 Å². The van der Waals surface area contributed by atoms with Gasteiger partial charge in [0, 0.05) is 0 Å². The molecule has 0 aliphatic heterocycles. The van der Waals surface area contributed by atoms with Crippen LogP contribution < -0.4 is 15.2 Å². The Labute approximate surface area is 110 Å². The molecule has 2 N–H and O–H groups in total. The monoisotopic (exact) mass is 264 g/mol. The van der Waals surface area contributed by atoms with Gasteiger partial charge in [0.2, 0.25) is 0 Å². The SMILES string of the molecule is CCOc1cc(-c2sc(N)nc2C)ccc1OC. The molecule has 0 bridgehead atoms. The standard InChI is InChI=1S/C13H16N2O2S/c1-4-17-11-7-9(5-6-10(11)16-3)12-8(2)15-13(14)18-12/h5-7H,4H2,1-3H3,(H2,14,15). The lowest BCUT2D eigenvalue weighted by Gasteiger charge is -2.10. The maximum Gasteiger partial charge on any atom is 0.180 e. The number of rotatable bonds is 4. The third-order valence-electron chi connectivity index (χ3n) is 2.54. The molecule has 96 valence electrons. The number of aromatic nitrogens is 1. The second kappa shape index (κ2) is 5.27. The predicted molar refractivity (Wildman–Crippen MR) is 74.4 cm³/mol. The number of benzene rings is 1. The molecule has 4 nitrogen and oxygen atoms in total. The summed E-state index contributed by atoms with van der Waals surface area (Å²) in [5.74, 6) is 1.47. The quantitative estimate of drug-likeness (QED) is 0.921. The average Bonchev–Trinajstić information content (AvgIpc) is 2.69. The molecule has 0 saturated carbocycles. The Hall–Kier alpha value is -1.75. The van der Waals surface area contributed by atoms with E-state index in [0.29, 0.717) is 11.7 Å². The molecular weight excluding hydrogens is 248 g/mol. The second-order valence-corrected chi connectivity index (χ2v) is 4.80. The Kier molecular flexibility index (Phi) is 3.72. The number of nitrogen functional groups attached to an aromatic ring is 1. The maximum atomic E-state index is 5.72. The van der Waals surface area contributed by atoms with E-state index in [-0.39, 0.29) is 0 Å². The number of nitrogens with two attached hydrogens (primary N) is 1. The molecule has 0 saturated heterocycles. The number of thiazole rings is 1. The van der Waals surface area contributed by atoms with Crippen LogP contribution in [0.1, 0.15) is 12.6 Å². The van der Waals surface area contributed by atoms with Crippen molar-refractivity contribution in [2.45, 2.75) is 13.8 Å². The molecule has 5 heteroatoms. The van der Waals surface area contributed by atoms with Gasteiger partial charge in [-0.3, -0.25) is 0 Å². The van der Waals surface area contributed by atoms with Crippen molar-refractivity contribution < 1.29 is 9.47 Å². The summed E-state index contributed by atoms with van der Waals surface area (Å²) >= 11 is 1.48. The van der Waals surface area contributed by atoms with Gasteiger partial charge in [0.15, 0.2) is 16.6 Å². The van der Waals surface area contributed by atoms with Crippen LogP contribution in [0.15, 0.2) is 18.2 Å². The molecule has 1 heterocycles. The summed E-state index contributed by atoms with van der Waals surface area (Å²) in [4.78, 5) is 5.30. The minimum Gasteiger partial charge on any atom is -0.493 e. The molecule has 0 radical (unpaired) electrons. The molecular formula is C13H16N2O2S. The molecule has 0 fully saturated rings. The van der Waals surface area contributed by atoms with Crippen molar-refractivity contribution in [1.82, 2.24) is 4.98 Å². The Morgan fingerprint density at radius 2 is 2.11 bits per heavy atom. The topological polar surface area (TPSA) is 57.4 Å². The molecule has 0 aliphatic rings. The lowest BCUT2D eigenvalue weighted by Crippen LogP contribution is -1.95. The first-order valence-corrected chi connectivity index (χ1v) is 6.51. The van der Waals surface area contributed by atoms with Gasteiger partial charge in [-0.2, -0.15) is 0 Å². The summed E-state index contributed by atoms with van der Waals surface area (Å²) in [5.41, 5.74) is 7.70. The number of hydrogen-bond acceptors (Lipinski definition) is 5. The van der Waals surface area contributed by atoms with Gasteiger partial charge in [-0.25, -0.2) is 4.98 Å². The van der Waals surface area contributed by atoms with Gasteiger partial charge in [0.1, 0.15) is 0 Å². The summed E-state index contributed by atoms with van der Waals surface area (Å²) in [6, 6.07) is 5.85. The number of methoxy groups -OCH3 is 1. The Morgan fingerprint density at radius 1 is 1.33 bits per heavy atom. The highest BCUT2D eigenvalue weighted by atomic mass is 32.1. The van der Waals surface area contributed by atoms with Crippen molar-refractivity contribution in [2.75, 3.05) is 19.5 Å². The highest BCUT2D eigenvalue weighted by Gasteiger charge is 2.11. The third kappa shape index (κ3) is 2.41. The van der Waals surface area contributed by atoms with E-state index in [0.717, 1.165) is 27.6 Å². The molecule has 0 aliphatic carbocycles. The van der Waals surface area contributed by atoms with E-state index >= 15 is 0 Å². The van der Waals surface area contributed by atoms with Gasteiger partial charge >= 0.3 is 0 Å². The summed E-state index contributed by atoms with van der Waals surface area (Å²) in [5, 5.41) is 0.580. The molecule has 2 rings (SSSR count). The molecule has 0 spiro atoms. The van der Waals surface area contributed by atoms with Crippen molar-refractivity contribution in [2.24, 2.45) is 0 Å². The zero-order valence-electron chi connectivity index (χ0n) is 10.7. The van der Waals surface area contributed by atoms with E-state index in [9.17, 15) is 0 Å². The Balaban J connectivity index is 2.46. The van der Waals surface area contributed by atoms with Gasteiger partial charge in [0.05, 0.1) is 24.3 Å². The van der Waals surface area contributed by atoms with Crippen LogP contribution in [0.5, 0.6) is 11.5 Å². The Morgan fingerprint density at radius 3 is 2.67 bits per heavy atom. The van der Waals surface area contributed by atoms with E-state index < -0.39 is 0 Å². The van der Waals surface area contributed by atoms with Crippen LogP contribution in [0, 0.1) is 6.92 Å². The van der Waals surface area contributed by atoms with Crippen LogP contribution in [0.4, 0.5) is 5.13 Å². The molecule has 0 atom stereocenters. The lowest BCUT2D eigenvalue weighted by molar-refractivity contribution is 0.311. The van der Waals surface area contributed by atoms with Gasteiger partial charge in [-0.05, 0) is 37.6 Å². The molecule has 1 aromatic heterocycles. The smallest absolute Gasteiger partial charge is 0.180 e. The summed E-state index contributed by atoms with van der Waals surface area (Å²) in [6.07, 6.45) is 0. The van der Waals surface area contributed by atoms with Crippen LogP contribution in [0.2, 0.25) is 0 Å². The highest BCUT2D eigenvalue weighted by Crippen LogP contribution is 2.37. The van der Waals surface area contributed by atoms with E-state index in [1.165, 1.54) is 11.3 Å². The first kappa shape index (κ1) is 12.7. The first-order valence-electron chi connectivity index (χ1n) is 5.69. The fourth-order valence-electron chi connectivity index (χ4n) is 1.77. The van der Waals surface area contributed by atoms with E-state index in [2.05, 4.69) is 4.98 Å². The van der Waals surface area contributed by atoms with Crippen molar-refractivity contribution in [3.8, 4) is 21.9 Å². The zero-order valence-corrected chi connectivity index (χ0v) is 11.5. The second-order valence-electron chi connectivity index (χ2n) is 3.77. The van der Waals surface area contributed by atoms with E-state index in [4.69, 9.17) is 15.2 Å². The van der Waals surface area contributed by atoms with Gasteiger partial charge in [-0.1, -0.05) is 11.3 Å². The minimum absolute atomic E-state index is 0.580. The molecule has 2 aromatic rings. The summed E-state index contributed by atoms with van der Waals surface area (Å²) in [6.45, 7) is 4.50. The molecule has 0 unspecified atom stereocenters. The van der Waals surface area contributed by atoms with Gasteiger partial charge in [0.25, 0.3) is 0 Å². The van der Waals surface area contributed by atoms with Crippen molar-refractivity contribution in [1.29, 1.82) is 0 Å². The van der Waals surface area contributed by atoms with Crippen LogP contribution in [-0.4, -0.2) is 18.7 Å². The zero-order chi connectivity index (χ0) is 13.1. The minimum atomic E-state index is 0.580. The Bertz CT molecular complexity index is 552. The summed E-state index contributed by atoms with van der Waals surface area (Å²) in [7, 11) is 1.63. The van der Waals surface area contributed by atoms with Gasteiger partial charge in [-0.15, -0.1) is 0 Å². The fraction of sp³-hybridized carbons (Fsp3) is 0.308. The largest absolute Gasteiger partial charge is 0.493 e. The maximum absolute atomic E-state index is 5.72. The number of anilines is 1. The fourth-order valence-corrected chi connectivity index (χ4v) is 2.60. The van der Waals surface area contributed by atoms with Crippen LogP contribution >= 0.6 is 11.3 Å². The molecule has 1 aromatic carbocycles. The summed E-state index contributed by atoms with van der Waals surface area (Å²) < 4.78 is 10.8. The number of hydrogen-bond donors (Lipinski definition) is 1. The number of ether oxygens (including phenoxy) is 2. The molecule has 0 amide bonds. The third-order valence-corrected chi connectivity index (χ3v) is 3.57. The van der Waals surface area contributed by atoms with Crippen molar-refractivity contribution in [3.05, 3.63) is 23.9 Å².